The van der Waals surface area contributed by atoms with Crippen molar-refractivity contribution in [2.75, 3.05) is 26.0 Å². The van der Waals surface area contributed by atoms with Crippen LogP contribution < -0.4 is 15.4 Å². The van der Waals surface area contributed by atoms with Gasteiger partial charge in [-0.1, -0.05) is 13.0 Å². The van der Waals surface area contributed by atoms with Crippen molar-refractivity contribution in [3.8, 4) is 17.0 Å². The Kier molecular flexibility index (Phi) is 5.79. The van der Waals surface area contributed by atoms with Crippen molar-refractivity contribution in [3.63, 3.8) is 0 Å². The van der Waals surface area contributed by atoms with Crippen LogP contribution in [0.25, 0.3) is 22.3 Å². The monoisotopic (exact) mass is 416 g/mol. The summed E-state index contributed by atoms with van der Waals surface area (Å²) in [5.41, 5.74) is 4.16. The van der Waals surface area contributed by atoms with Crippen LogP contribution in [-0.2, 0) is 0 Å². The van der Waals surface area contributed by atoms with Crippen LogP contribution in [0.4, 0.5) is 5.82 Å². The molecule has 31 heavy (non-hydrogen) atoms. The number of benzene rings is 1. The number of amides is 1. The zero-order chi connectivity index (χ0) is 21.8. The van der Waals surface area contributed by atoms with E-state index in [1.165, 1.54) is 0 Å². The number of carbonyl (C=O) groups excluding carboxylic acids is 1. The van der Waals surface area contributed by atoms with Crippen LogP contribution in [0.1, 0.15) is 28.8 Å². The predicted molar refractivity (Wildman–Crippen MR) is 120 cm³/mol. The van der Waals surface area contributed by atoms with Crippen molar-refractivity contribution >= 4 is 22.8 Å². The topological polar surface area (TPSA) is 105 Å². The molecule has 0 bridgehead atoms. The fraction of sp³-hybridized carbons (Fsp3) is 0.217. The molecule has 0 aliphatic carbocycles. The standard InChI is InChI=1S/C23H24N6O2/c1-14(18-5-4-16(23(30)24-2)9-20(18)31-3)11-26-21-10-19(28-13-29-21)17-8-15-6-7-25-22(15)27-12-17/h4-10,12-14H,11H2,1-3H3,(H,24,30)(H,25,27)(H,26,28,29). The molecule has 0 fully saturated rings. The summed E-state index contributed by atoms with van der Waals surface area (Å²) in [5, 5.41) is 7.03. The highest BCUT2D eigenvalue weighted by molar-refractivity contribution is 5.94. The second-order valence-electron chi connectivity index (χ2n) is 7.25. The minimum absolute atomic E-state index is 0.130. The highest BCUT2D eigenvalue weighted by atomic mass is 16.5. The number of rotatable bonds is 7. The van der Waals surface area contributed by atoms with Crippen molar-refractivity contribution in [1.82, 2.24) is 25.3 Å². The minimum atomic E-state index is -0.142. The van der Waals surface area contributed by atoms with E-state index in [-0.39, 0.29) is 11.8 Å². The fourth-order valence-electron chi connectivity index (χ4n) is 3.46. The van der Waals surface area contributed by atoms with E-state index < -0.39 is 0 Å². The molecule has 0 spiro atoms. The smallest absolute Gasteiger partial charge is 0.251 e. The van der Waals surface area contributed by atoms with Crippen molar-refractivity contribution in [3.05, 3.63) is 66.2 Å². The van der Waals surface area contributed by atoms with Gasteiger partial charge in [0.15, 0.2) is 0 Å². The lowest BCUT2D eigenvalue weighted by Gasteiger charge is -2.17. The quantitative estimate of drug-likeness (QED) is 0.425. The van der Waals surface area contributed by atoms with Crippen LogP contribution in [0.2, 0.25) is 0 Å². The minimum Gasteiger partial charge on any atom is -0.496 e. The molecule has 3 aromatic heterocycles. The summed E-state index contributed by atoms with van der Waals surface area (Å²) in [5.74, 6) is 1.40. The average Bonchev–Trinajstić information content (AvgIpc) is 3.29. The molecule has 1 aromatic carbocycles. The summed E-state index contributed by atoms with van der Waals surface area (Å²) in [4.78, 5) is 28.1. The number of carbonyl (C=O) groups is 1. The number of H-pyrrole nitrogens is 1. The first-order chi connectivity index (χ1) is 15.1. The van der Waals surface area contributed by atoms with Crippen LogP contribution in [0.3, 0.4) is 0 Å². The van der Waals surface area contributed by atoms with E-state index in [9.17, 15) is 4.79 Å². The summed E-state index contributed by atoms with van der Waals surface area (Å²) in [6.07, 6.45) is 5.21. The SMILES string of the molecule is CNC(=O)c1ccc(C(C)CNc2cc(-c3cnc4[nH]ccc4c3)ncn2)c(OC)c1. The Bertz CT molecular complexity index is 1220. The number of hydrogen-bond acceptors (Lipinski definition) is 6. The summed E-state index contributed by atoms with van der Waals surface area (Å²) in [7, 11) is 3.22. The van der Waals surface area contributed by atoms with E-state index in [4.69, 9.17) is 4.74 Å². The maximum atomic E-state index is 11.9. The Hall–Kier alpha value is -3.94. The van der Waals surface area contributed by atoms with Crippen LogP contribution in [0, 0.1) is 0 Å². The van der Waals surface area contributed by atoms with Gasteiger partial charge in [0.05, 0.1) is 12.8 Å². The number of anilines is 1. The number of ether oxygens (including phenoxy) is 1. The van der Waals surface area contributed by atoms with Gasteiger partial charge in [-0.2, -0.15) is 0 Å². The second-order valence-corrected chi connectivity index (χ2v) is 7.25. The number of pyridine rings is 1. The number of hydrogen-bond donors (Lipinski definition) is 3. The van der Waals surface area contributed by atoms with Gasteiger partial charge in [0, 0.05) is 54.5 Å². The first-order valence-corrected chi connectivity index (χ1v) is 9.98. The van der Waals surface area contributed by atoms with E-state index in [2.05, 4.69) is 37.5 Å². The molecule has 0 saturated heterocycles. The molecule has 158 valence electrons. The Balaban J connectivity index is 1.49. The van der Waals surface area contributed by atoms with Crippen LogP contribution in [0.15, 0.2) is 55.1 Å². The molecule has 8 heteroatoms. The van der Waals surface area contributed by atoms with E-state index in [0.717, 1.165) is 33.7 Å². The first-order valence-electron chi connectivity index (χ1n) is 9.98. The van der Waals surface area contributed by atoms with Crippen LogP contribution >= 0.6 is 0 Å². The Morgan fingerprint density at radius 2 is 2.03 bits per heavy atom. The zero-order valence-electron chi connectivity index (χ0n) is 17.6. The molecule has 0 saturated carbocycles. The lowest BCUT2D eigenvalue weighted by Crippen LogP contribution is -2.18. The molecular weight excluding hydrogens is 392 g/mol. The third-order valence-electron chi connectivity index (χ3n) is 5.21. The van der Waals surface area contributed by atoms with Gasteiger partial charge in [-0.25, -0.2) is 15.0 Å². The van der Waals surface area contributed by atoms with Gasteiger partial charge in [-0.15, -0.1) is 0 Å². The molecule has 4 aromatic rings. The number of nitrogens with zero attached hydrogens (tertiary/aromatic N) is 3. The third-order valence-corrected chi connectivity index (χ3v) is 5.21. The molecule has 4 rings (SSSR count). The summed E-state index contributed by atoms with van der Waals surface area (Å²) in [6.45, 7) is 2.73. The van der Waals surface area contributed by atoms with E-state index in [0.29, 0.717) is 17.9 Å². The number of aromatic amines is 1. The van der Waals surface area contributed by atoms with Crippen molar-refractivity contribution < 1.29 is 9.53 Å². The van der Waals surface area contributed by atoms with Crippen molar-refractivity contribution in [2.45, 2.75) is 12.8 Å². The van der Waals surface area contributed by atoms with Crippen molar-refractivity contribution in [2.24, 2.45) is 0 Å². The maximum Gasteiger partial charge on any atom is 0.251 e. The summed E-state index contributed by atoms with van der Waals surface area (Å²) < 4.78 is 5.52. The zero-order valence-corrected chi connectivity index (χ0v) is 17.6. The molecule has 1 amide bonds. The Morgan fingerprint density at radius 3 is 2.84 bits per heavy atom. The molecule has 3 N–H and O–H groups in total. The van der Waals surface area contributed by atoms with Crippen molar-refractivity contribution in [1.29, 1.82) is 0 Å². The summed E-state index contributed by atoms with van der Waals surface area (Å²) >= 11 is 0. The maximum absolute atomic E-state index is 11.9. The molecule has 3 heterocycles. The molecule has 1 unspecified atom stereocenters. The van der Waals surface area contributed by atoms with Gasteiger partial charge in [0.2, 0.25) is 0 Å². The van der Waals surface area contributed by atoms with E-state index >= 15 is 0 Å². The van der Waals surface area contributed by atoms with Gasteiger partial charge < -0.3 is 20.4 Å². The second kappa shape index (κ2) is 8.83. The summed E-state index contributed by atoms with van der Waals surface area (Å²) in [6, 6.07) is 11.4. The normalized spacial score (nSPS) is 11.8. The van der Waals surface area contributed by atoms with Gasteiger partial charge in [0.1, 0.15) is 23.5 Å². The number of aromatic nitrogens is 4. The lowest BCUT2D eigenvalue weighted by atomic mass is 9.98. The third kappa shape index (κ3) is 4.32. The highest BCUT2D eigenvalue weighted by Gasteiger charge is 2.15. The average molecular weight is 416 g/mol. The van der Waals surface area contributed by atoms with Gasteiger partial charge in [-0.3, -0.25) is 4.79 Å². The molecule has 1 atom stereocenters. The van der Waals surface area contributed by atoms with Gasteiger partial charge in [-0.05, 0) is 29.8 Å². The van der Waals surface area contributed by atoms with Crippen LogP contribution in [0.5, 0.6) is 5.75 Å². The van der Waals surface area contributed by atoms with E-state index in [1.54, 1.807) is 38.8 Å². The molecule has 0 radical (unpaired) electrons. The lowest BCUT2D eigenvalue weighted by molar-refractivity contribution is 0.0962. The molecule has 0 aliphatic heterocycles. The first kappa shape index (κ1) is 20.3. The van der Waals surface area contributed by atoms with Gasteiger partial charge in [0.25, 0.3) is 5.91 Å². The molecule has 0 aliphatic rings. The fourth-order valence-corrected chi connectivity index (χ4v) is 3.46. The van der Waals surface area contributed by atoms with Crippen LogP contribution in [-0.4, -0.2) is 46.5 Å². The highest BCUT2D eigenvalue weighted by Crippen LogP contribution is 2.28. The number of methoxy groups -OCH3 is 1. The number of nitrogens with one attached hydrogen (secondary N) is 3. The number of fused-ring (bicyclic) bond motifs is 1. The Morgan fingerprint density at radius 1 is 1.16 bits per heavy atom. The van der Waals surface area contributed by atoms with Gasteiger partial charge >= 0.3 is 0 Å². The largest absolute Gasteiger partial charge is 0.496 e. The molecular formula is C23H24N6O2. The molecule has 8 nitrogen and oxygen atoms in total. The Labute approximate surface area is 180 Å². The predicted octanol–water partition coefficient (Wildman–Crippen LogP) is 3.60. The van der Waals surface area contributed by atoms with E-state index in [1.807, 2.05) is 30.5 Å².